The summed E-state index contributed by atoms with van der Waals surface area (Å²) < 4.78 is 2.52. The second-order valence-corrected chi connectivity index (χ2v) is 8.89. The molecule has 6 heteroatoms. The second kappa shape index (κ2) is 7.26. The fourth-order valence-electron chi connectivity index (χ4n) is 5.31. The minimum atomic E-state index is -0.875. The van der Waals surface area contributed by atoms with E-state index in [-0.39, 0.29) is 17.9 Å². The number of piperidine rings is 1. The van der Waals surface area contributed by atoms with Crippen molar-refractivity contribution in [2.75, 3.05) is 6.54 Å². The number of pyridine rings is 1. The van der Waals surface area contributed by atoms with Crippen molar-refractivity contribution >= 4 is 27.4 Å². The zero-order valence-corrected chi connectivity index (χ0v) is 17.8. The molecule has 150 valence electrons. The highest BCUT2D eigenvalue weighted by Gasteiger charge is 2.50. The van der Waals surface area contributed by atoms with Gasteiger partial charge in [0.05, 0.1) is 11.1 Å². The van der Waals surface area contributed by atoms with E-state index in [0.29, 0.717) is 23.4 Å². The largest absolute Gasteiger partial charge is 0.385 e. The molecule has 3 aromatic rings. The summed E-state index contributed by atoms with van der Waals surface area (Å²) in [5, 5.41) is 11.7. The van der Waals surface area contributed by atoms with E-state index in [0.717, 1.165) is 36.8 Å². The number of hydrogen-bond acceptors (Lipinski definition) is 3. The number of aliphatic hydroxyl groups is 1. The summed E-state index contributed by atoms with van der Waals surface area (Å²) in [7, 11) is 0. The molecule has 0 spiro atoms. The molecular formula is C23H24BrN3O2. The van der Waals surface area contributed by atoms with Crippen molar-refractivity contribution in [1.82, 2.24) is 14.3 Å². The molecule has 5 nitrogen and oxygen atoms in total. The van der Waals surface area contributed by atoms with Crippen molar-refractivity contribution < 1.29 is 9.90 Å². The van der Waals surface area contributed by atoms with Gasteiger partial charge in [-0.25, -0.2) is 4.98 Å². The molecule has 29 heavy (non-hydrogen) atoms. The van der Waals surface area contributed by atoms with Gasteiger partial charge in [0.25, 0.3) is 5.91 Å². The van der Waals surface area contributed by atoms with Crippen LogP contribution in [0.4, 0.5) is 0 Å². The minimum Gasteiger partial charge on any atom is -0.385 e. The second-order valence-electron chi connectivity index (χ2n) is 8.18. The summed E-state index contributed by atoms with van der Waals surface area (Å²) in [5.74, 6) is 0.0140. The highest BCUT2D eigenvalue weighted by molar-refractivity contribution is 9.10. The SMILES string of the molecule is O=C(c1nc(Br)n2ccccc12)N1CCC(O)(c2ccccc2)[C@H]2CCCC[C@H]21. The molecule has 2 aromatic heterocycles. The molecule has 2 fully saturated rings. The zero-order valence-electron chi connectivity index (χ0n) is 16.2. The lowest BCUT2D eigenvalue weighted by Gasteiger charge is -2.52. The standard InChI is InChI=1S/C23H24BrN3O2/c24-22-25-20(19-12-6-7-14-27(19)22)21(28)26-15-13-23(29,16-8-2-1-3-9-16)17-10-4-5-11-18(17)26/h1-3,6-9,12,14,17-18,29H,4-5,10-11,13,15H2/t17-,18+,23?/m0/s1. The van der Waals surface area contributed by atoms with E-state index >= 15 is 0 Å². The van der Waals surface area contributed by atoms with E-state index in [1.54, 1.807) is 0 Å². The molecule has 0 bridgehead atoms. The lowest BCUT2D eigenvalue weighted by atomic mass is 9.66. The number of likely N-dealkylation sites (tertiary alicyclic amines) is 1. The van der Waals surface area contributed by atoms with Crippen LogP contribution in [-0.4, -0.2) is 37.9 Å². The minimum absolute atomic E-state index is 0.0357. The Hall–Kier alpha value is -2.18. The van der Waals surface area contributed by atoms with Gasteiger partial charge in [0.1, 0.15) is 0 Å². The Morgan fingerprint density at radius 1 is 1.10 bits per heavy atom. The van der Waals surface area contributed by atoms with Crippen LogP contribution in [0.1, 0.15) is 48.2 Å². The predicted molar refractivity (Wildman–Crippen MR) is 115 cm³/mol. The predicted octanol–water partition coefficient (Wildman–Crippen LogP) is 4.39. The Morgan fingerprint density at radius 2 is 1.86 bits per heavy atom. The summed E-state index contributed by atoms with van der Waals surface area (Å²) in [4.78, 5) is 20.1. The first-order chi connectivity index (χ1) is 14.1. The van der Waals surface area contributed by atoms with Crippen molar-refractivity contribution in [3.05, 3.63) is 70.7 Å². The number of rotatable bonds is 2. The van der Waals surface area contributed by atoms with Crippen molar-refractivity contribution in [2.45, 2.75) is 43.7 Å². The highest BCUT2D eigenvalue weighted by Crippen LogP contribution is 2.47. The Kier molecular flexibility index (Phi) is 4.71. The van der Waals surface area contributed by atoms with Gasteiger partial charge in [0, 0.05) is 24.7 Å². The molecule has 1 aliphatic carbocycles. The molecule has 1 N–H and O–H groups in total. The number of amides is 1. The van der Waals surface area contributed by atoms with Gasteiger partial charge in [-0.05, 0) is 52.9 Å². The van der Waals surface area contributed by atoms with Gasteiger partial charge in [-0.3, -0.25) is 9.20 Å². The fraction of sp³-hybridized carbons (Fsp3) is 0.391. The summed E-state index contributed by atoms with van der Waals surface area (Å²) in [6.07, 6.45) is 6.50. The number of halogens is 1. The number of carbonyl (C=O) groups is 1. The Labute approximate surface area is 178 Å². The molecule has 1 aliphatic heterocycles. The van der Waals surface area contributed by atoms with E-state index < -0.39 is 5.60 Å². The molecule has 1 saturated heterocycles. The maximum absolute atomic E-state index is 13.6. The Morgan fingerprint density at radius 3 is 2.69 bits per heavy atom. The van der Waals surface area contributed by atoms with E-state index in [9.17, 15) is 9.90 Å². The molecule has 0 radical (unpaired) electrons. The lowest BCUT2D eigenvalue weighted by Crippen LogP contribution is -2.59. The van der Waals surface area contributed by atoms with Gasteiger partial charge < -0.3 is 10.0 Å². The van der Waals surface area contributed by atoms with Crippen LogP contribution in [0.2, 0.25) is 0 Å². The van der Waals surface area contributed by atoms with E-state index in [4.69, 9.17) is 0 Å². The maximum Gasteiger partial charge on any atom is 0.275 e. The van der Waals surface area contributed by atoms with Crippen LogP contribution in [-0.2, 0) is 5.60 Å². The first-order valence-electron chi connectivity index (χ1n) is 10.3. The average Bonchev–Trinajstić information content (AvgIpc) is 3.11. The number of hydrogen-bond donors (Lipinski definition) is 1. The summed E-state index contributed by atoms with van der Waals surface area (Å²) in [6.45, 7) is 0.537. The smallest absolute Gasteiger partial charge is 0.275 e. The summed E-state index contributed by atoms with van der Waals surface area (Å²) >= 11 is 3.47. The van der Waals surface area contributed by atoms with Crippen LogP contribution in [0.15, 0.2) is 59.5 Å². The van der Waals surface area contributed by atoms with Gasteiger partial charge in [0.15, 0.2) is 10.4 Å². The van der Waals surface area contributed by atoms with Crippen LogP contribution >= 0.6 is 15.9 Å². The van der Waals surface area contributed by atoms with Crippen molar-refractivity contribution in [3.63, 3.8) is 0 Å². The van der Waals surface area contributed by atoms with E-state index in [2.05, 4.69) is 20.9 Å². The third-order valence-corrected chi connectivity index (χ3v) is 7.28. The lowest BCUT2D eigenvalue weighted by molar-refractivity contribution is -0.110. The van der Waals surface area contributed by atoms with Gasteiger partial charge in [-0.2, -0.15) is 0 Å². The van der Waals surface area contributed by atoms with Gasteiger partial charge >= 0.3 is 0 Å². The number of imidazole rings is 1. The van der Waals surface area contributed by atoms with Crippen molar-refractivity contribution in [3.8, 4) is 0 Å². The fourth-order valence-corrected chi connectivity index (χ4v) is 5.80. The molecular weight excluding hydrogens is 430 g/mol. The van der Waals surface area contributed by atoms with Crippen molar-refractivity contribution in [1.29, 1.82) is 0 Å². The van der Waals surface area contributed by atoms with Crippen LogP contribution in [0.5, 0.6) is 0 Å². The quantitative estimate of drug-likeness (QED) is 0.625. The number of fused-ring (bicyclic) bond motifs is 2. The van der Waals surface area contributed by atoms with Gasteiger partial charge in [-0.1, -0.05) is 49.2 Å². The highest BCUT2D eigenvalue weighted by atomic mass is 79.9. The average molecular weight is 454 g/mol. The van der Waals surface area contributed by atoms with Crippen LogP contribution < -0.4 is 0 Å². The number of aromatic nitrogens is 2. The van der Waals surface area contributed by atoms with E-state index in [1.807, 2.05) is 64.0 Å². The normalized spacial score (nSPS) is 27.0. The zero-order chi connectivity index (χ0) is 20.0. The first-order valence-corrected chi connectivity index (χ1v) is 11.1. The van der Waals surface area contributed by atoms with Crippen molar-refractivity contribution in [2.24, 2.45) is 5.92 Å². The Balaban J connectivity index is 1.51. The van der Waals surface area contributed by atoms with Gasteiger partial charge in [-0.15, -0.1) is 0 Å². The number of carbonyl (C=O) groups excluding carboxylic acids is 1. The topological polar surface area (TPSA) is 57.8 Å². The molecule has 3 atom stereocenters. The monoisotopic (exact) mass is 453 g/mol. The number of benzene rings is 1. The third kappa shape index (κ3) is 3.01. The molecule has 3 heterocycles. The molecule has 1 unspecified atom stereocenters. The van der Waals surface area contributed by atoms with Crippen LogP contribution in [0, 0.1) is 5.92 Å². The molecule has 1 amide bonds. The van der Waals surface area contributed by atoms with Crippen LogP contribution in [0.25, 0.3) is 5.52 Å². The number of nitrogens with zero attached hydrogens (tertiary/aromatic N) is 3. The van der Waals surface area contributed by atoms with E-state index in [1.165, 1.54) is 0 Å². The molecule has 2 aliphatic rings. The first kappa shape index (κ1) is 18.8. The summed E-state index contributed by atoms with van der Waals surface area (Å²) in [6, 6.07) is 15.8. The third-order valence-electron chi connectivity index (χ3n) is 6.72. The molecule has 5 rings (SSSR count). The molecule has 1 aromatic carbocycles. The molecule has 1 saturated carbocycles. The Bertz CT molecular complexity index is 1050. The maximum atomic E-state index is 13.6. The van der Waals surface area contributed by atoms with Crippen LogP contribution in [0.3, 0.4) is 0 Å². The van der Waals surface area contributed by atoms with Gasteiger partial charge in [0.2, 0.25) is 0 Å². The summed E-state index contributed by atoms with van der Waals surface area (Å²) in [5.41, 5.74) is 1.38.